The average molecular weight is 439 g/mol. The minimum atomic E-state index is 0.197. The normalized spacial score (nSPS) is 13.0. The second kappa shape index (κ2) is 12.0. The highest BCUT2D eigenvalue weighted by molar-refractivity contribution is 5.80. The maximum absolute atomic E-state index is 12.5. The minimum Gasteiger partial charge on any atom is -0.493 e. The van der Waals surface area contributed by atoms with Crippen molar-refractivity contribution in [2.75, 3.05) is 33.9 Å². The van der Waals surface area contributed by atoms with Gasteiger partial charge in [0, 0.05) is 39.1 Å². The highest BCUT2D eigenvalue weighted by Crippen LogP contribution is 2.27. The van der Waals surface area contributed by atoms with Gasteiger partial charge in [0.2, 0.25) is 5.91 Å². The summed E-state index contributed by atoms with van der Waals surface area (Å²) in [6, 6.07) is 14.2. The Hall–Kier alpha value is -3.22. The van der Waals surface area contributed by atoms with Crippen molar-refractivity contribution < 1.29 is 14.3 Å². The summed E-state index contributed by atoms with van der Waals surface area (Å²) in [5, 5.41) is 6.63. The zero-order valence-electron chi connectivity index (χ0n) is 19.3. The molecule has 2 N–H and O–H groups in total. The second-order valence-corrected chi connectivity index (χ2v) is 7.75. The summed E-state index contributed by atoms with van der Waals surface area (Å²) in [6.07, 6.45) is 2.08. The molecule has 0 atom stereocenters. The number of nitrogens with zero attached hydrogens (tertiary/aromatic N) is 2. The molecule has 0 fully saturated rings. The van der Waals surface area contributed by atoms with Crippen molar-refractivity contribution in [3.63, 3.8) is 0 Å². The third-order valence-corrected chi connectivity index (χ3v) is 5.51. The number of nitrogens with one attached hydrogen (secondary N) is 2. The fourth-order valence-electron chi connectivity index (χ4n) is 3.79. The molecule has 32 heavy (non-hydrogen) atoms. The summed E-state index contributed by atoms with van der Waals surface area (Å²) >= 11 is 0. The van der Waals surface area contributed by atoms with Crippen molar-refractivity contribution in [1.82, 2.24) is 15.5 Å². The highest BCUT2D eigenvalue weighted by atomic mass is 16.5. The molecule has 0 unspecified atom stereocenters. The first-order valence-electron chi connectivity index (χ1n) is 11.2. The summed E-state index contributed by atoms with van der Waals surface area (Å²) in [6.45, 7) is 5.62. The standard InChI is InChI=1S/C25H34N4O3/c1-4-26-25(28-15-13-19-11-12-22(31-2)23(16-19)32-3)27-14-7-10-24(30)29-17-20-8-5-6-9-21(20)18-29/h5-6,8-9,11-12,16H,4,7,10,13-15,17-18H2,1-3H3,(H2,26,27,28). The number of guanidine groups is 1. The van der Waals surface area contributed by atoms with Crippen LogP contribution in [-0.2, 0) is 24.3 Å². The van der Waals surface area contributed by atoms with Gasteiger partial charge in [-0.3, -0.25) is 9.79 Å². The van der Waals surface area contributed by atoms with Crippen LogP contribution in [0.5, 0.6) is 11.5 Å². The molecule has 7 heteroatoms. The monoisotopic (exact) mass is 438 g/mol. The summed E-state index contributed by atoms with van der Waals surface area (Å²) in [5.74, 6) is 2.43. The molecule has 1 amide bonds. The van der Waals surface area contributed by atoms with E-state index in [-0.39, 0.29) is 5.91 Å². The molecular formula is C25H34N4O3. The topological polar surface area (TPSA) is 75.2 Å². The van der Waals surface area contributed by atoms with Crippen LogP contribution in [0, 0.1) is 0 Å². The molecular weight excluding hydrogens is 404 g/mol. The van der Waals surface area contributed by atoms with Crippen LogP contribution in [-0.4, -0.2) is 50.6 Å². The van der Waals surface area contributed by atoms with Gasteiger partial charge < -0.3 is 25.0 Å². The van der Waals surface area contributed by atoms with Crippen LogP contribution in [0.25, 0.3) is 0 Å². The summed E-state index contributed by atoms with van der Waals surface area (Å²) in [4.78, 5) is 19.1. The van der Waals surface area contributed by atoms with Crippen LogP contribution < -0.4 is 20.1 Å². The van der Waals surface area contributed by atoms with Gasteiger partial charge in [-0.2, -0.15) is 0 Å². The summed E-state index contributed by atoms with van der Waals surface area (Å²) < 4.78 is 10.7. The Morgan fingerprint density at radius 2 is 1.75 bits per heavy atom. The second-order valence-electron chi connectivity index (χ2n) is 7.75. The van der Waals surface area contributed by atoms with Crippen LogP contribution in [0.3, 0.4) is 0 Å². The molecule has 2 aromatic carbocycles. The van der Waals surface area contributed by atoms with Gasteiger partial charge in [0.25, 0.3) is 0 Å². The van der Waals surface area contributed by atoms with Crippen molar-refractivity contribution in [3.8, 4) is 11.5 Å². The number of fused-ring (bicyclic) bond motifs is 1. The Balaban J connectivity index is 1.41. The Bertz CT molecular complexity index is 904. The first-order valence-corrected chi connectivity index (χ1v) is 11.2. The van der Waals surface area contributed by atoms with Gasteiger partial charge >= 0.3 is 0 Å². The zero-order valence-corrected chi connectivity index (χ0v) is 19.3. The van der Waals surface area contributed by atoms with Gasteiger partial charge in [-0.05, 0) is 48.6 Å². The molecule has 2 aromatic rings. The number of hydrogen-bond acceptors (Lipinski definition) is 4. The third kappa shape index (κ3) is 6.39. The largest absolute Gasteiger partial charge is 0.493 e. The third-order valence-electron chi connectivity index (χ3n) is 5.51. The molecule has 172 valence electrons. The van der Waals surface area contributed by atoms with E-state index < -0.39 is 0 Å². The highest BCUT2D eigenvalue weighted by Gasteiger charge is 2.22. The minimum absolute atomic E-state index is 0.197. The molecule has 7 nitrogen and oxygen atoms in total. The van der Waals surface area contributed by atoms with E-state index in [4.69, 9.17) is 9.47 Å². The average Bonchev–Trinajstić information content (AvgIpc) is 3.26. The molecule has 0 saturated heterocycles. The van der Waals surface area contributed by atoms with E-state index in [1.807, 2.05) is 42.2 Å². The van der Waals surface area contributed by atoms with Crippen LogP contribution in [0.4, 0.5) is 0 Å². The number of amides is 1. The first kappa shape index (κ1) is 23.4. The van der Waals surface area contributed by atoms with Crippen molar-refractivity contribution in [2.45, 2.75) is 39.3 Å². The van der Waals surface area contributed by atoms with E-state index >= 15 is 0 Å². The molecule has 3 rings (SSSR count). The lowest BCUT2D eigenvalue weighted by atomic mass is 10.1. The fraction of sp³-hybridized carbons (Fsp3) is 0.440. The van der Waals surface area contributed by atoms with Gasteiger partial charge in [0.05, 0.1) is 14.2 Å². The molecule has 0 spiro atoms. The number of carbonyl (C=O) groups excluding carboxylic acids is 1. The van der Waals surface area contributed by atoms with E-state index in [0.717, 1.165) is 62.0 Å². The number of ether oxygens (including phenoxy) is 2. The molecule has 1 aliphatic heterocycles. The van der Waals surface area contributed by atoms with Crippen molar-refractivity contribution in [3.05, 3.63) is 59.2 Å². The molecule has 0 aromatic heterocycles. The quantitative estimate of drug-likeness (QED) is 0.339. The number of rotatable bonds is 10. The van der Waals surface area contributed by atoms with Crippen LogP contribution in [0.15, 0.2) is 47.5 Å². The van der Waals surface area contributed by atoms with Gasteiger partial charge in [0.15, 0.2) is 17.5 Å². The van der Waals surface area contributed by atoms with Gasteiger partial charge in [0.1, 0.15) is 0 Å². The SMILES string of the molecule is CCNC(=NCCCC(=O)N1Cc2ccccc2C1)NCCc1ccc(OC)c(OC)c1. The Kier molecular flexibility index (Phi) is 8.78. The zero-order chi connectivity index (χ0) is 22.8. The lowest BCUT2D eigenvalue weighted by molar-refractivity contribution is -0.131. The first-order chi connectivity index (χ1) is 15.6. The number of aliphatic imine (C=N–C) groups is 1. The van der Waals surface area contributed by atoms with E-state index in [2.05, 4.69) is 27.8 Å². The number of benzene rings is 2. The molecule has 0 bridgehead atoms. The number of hydrogen-bond donors (Lipinski definition) is 2. The van der Waals surface area contributed by atoms with E-state index in [1.54, 1.807) is 14.2 Å². The Morgan fingerprint density at radius 3 is 2.41 bits per heavy atom. The van der Waals surface area contributed by atoms with Gasteiger partial charge in [-0.1, -0.05) is 30.3 Å². The van der Waals surface area contributed by atoms with E-state index in [0.29, 0.717) is 13.0 Å². The van der Waals surface area contributed by atoms with Crippen LogP contribution in [0.1, 0.15) is 36.5 Å². The lowest BCUT2D eigenvalue weighted by Gasteiger charge is -2.15. The molecule has 1 heterocycles. The van der Waals surface area contributed by atoms with Gasteiger partial charge in [-0.25, -0.2) is 0 Å². The van der Waals surface area contributed by atoms with E-state index in [1.165, 1.54) is 11.1 Å². The molecule has 0 radical (unpaired) electrons. The number of carbonyl (C=O) groups is 1. The predicted octanol–water partition coefficient (Wildman–Crippen LogP) is 3.12. The smallest absolute Gasteiger partial charge is 0.223 e. The van der Waals surface area contributed by atoms with E-state index in [9.17, 15) is 4.79 Å². The molecule has 0 saturated carbocycles. The Morgan fingerprint density at radius 1 is 1.03 bits per heavy atom. The Labute approximate surface area is 190 Å². The summed E-state index contributed by atoms with van der Waals surface area (Å²) in [7, 11) is 3.28. The molecule has 0 aliphatic carbocycles. The maximum atomic E-state index is 12.5. The molecule has 1 aliphatic rings. The maximum Gasteiger partial charge on any atom is 0.223 e. The van der Waals surface area contributed by atoms with Crippen molar-refractivity contribution in [1.29, 1.82) is 0 Å². The van der Waals surface area contributed by atoms with Gasteiger partial charge in [-0.15, -0.1) is 0 Å². The fourth-order valence-corrected chi connectivity index (χ4v) is 3.79. The van der Waals surface area contributed by atoms with Crippen molar-refractivity contribution >= 4 is 11.9 Å². The van der Waals surface area contributed by atoms with Crippen LogP contribution >= 0.6 is 0 Å². The van der Waals surface area contributed by atoms with Crippen molar-refractivity contribution in [2.24, 2.45) is 4.99 Å². The lowest BCUT2D eigenvalue weighted by Crippen LogP contribution is -2.38. The summed E-state index contributed by atoms with van der Waals surface area (Å²) in [5.41, 5.74) is 3.67. The predicted molar refractivity (Wildman–Crippen MR) is 127 cm³/mol. The number of methoxy groups -OCH3 is 2. The van der Waals surface area contributed by atoms with Crippen LogP contribution in [0.2, 0.25) is 0 Å².